The van der Waals surface area contributed by atoms with Crippen LogP contribution in [0.5, 0.6) is 5.75 Å². The van der Waals surface area contributed by atoms with Gasteiger partial charge in [0.2, 0.25) is 0 Å². The second-order valence-corrected chi connectivity index (χ2v) is 5.15. The van der Waals surface area contributed by atoms with Crippen molar-refractivity contribution in [3.8, 4) is 5.75 Å². The molecule has 0 radical (unpaired) electrons. The topological polar surface area (TPSA) is 81.5 Å². The summed E-state index contributed by atoms with van der Waals surface area (Å²) in [6, 6.07) is 12.4. The molecule has 0 fully saturated rings. The smallest absolute Gasteiger partial charge is 0.269 e. The van der Waals surface area contributed by atoms with Crippen LogP contribution in [-0.4, -0.2) is 24.5 Å². The van der Waals surface area contributed by atoms with Gasteiger partial charge in [-0.2, -0.15) is 0 Å². The maximum Gasteiger partial charge on any atom is 0.269 e. The van der Waals surface area contributed by atoms with Gasteiger partial charge in [0.25, 0.3) is 5.69 Å². The standard InChI is InChI=1S/C17H17FN2O4/c1-24-16-8-4-13(5-9-16)19-17(10-15(21)11-18)12-2-6-14(7-3-12)20(22)23/h2-9,17,19H,10-11H2,1H3/t17-/m0/s1. The van der Waals surface area contributed by atoms with Gasteiger partial charge in [-0.3, -0.25) is 14.9 Å². The minimum atomic E-state index is -1.05. The molecular formula is C17H17FN2O4. The monoisotopic (exact) mass is 332 g/mol. The fraction of sp³-hybridized carbons (Fsp3) is 0.235. The number of hydrogen-bond donors (Lipinski definition) is 1. The summed E-state index contributed by atoms with van der Waals surface area (Å²) in [4.78, 5) is 21.8. The third kappa shape index (κ3) is 4.52. The average Bonchev–Trinajstić information content (AvgIpc) is 2.61. The van der Waals surface area contributed by atoms with Crippen LogP contribution in [0.2, 0.25) is 0 Å². The molecule has 0 amide bonds. The number of methoxy groups -OCH3 is 1. The van der Waals surface area contributed by atoms with Crippen LogP contribution in [0.4, 0.5) is 15.8 Å². The molecule has 0 aromatic heterocycles. The summed E-state index contributed by atoms with van der Waals surface area (Å²) in [6.45, 7) is -1.05. The van der Waals surface area contributed by atoms with Gasteiger partial charge in [-0.05, 0) is 29.8 Å². The number of hydrogen-bond acceptors (Lipinski definition) is 5. The lowest BCUT2D eigenvalue weighted by atomic mass is 10.0. The lowest BCUT2D eigenvalue weighted by Gasteiger charge is -2.19. The third-order valence-corrected chi connectivity index (χ3v) is 3.52. The van der Waals surface area contributed by atoms with Gasteiger partial charge in [-0.1, -0.05) is 12.1 Å². The van der Waals surface area contributed by atoms with Crippen molar-refractivity contribution in [1.29, 1.82) is 0 Å². The Hall–Kier alpha value is -2.96. The Balaban J connectivity index is 2.22. The number of carbonyl (C=O) groups excluding carboxylic acids is 1. The molecule has 0 aliphatic rings. The van der Waals surface area contributed by atoms with E-state index in [0.29, 0.717) is 11.3 Å². The first-order chi connectivity index (χ1) is 11.5. The van der Waals surface area contributed by atoms with E-state index in [4.69, 9.17) is 4.74 Å². The number of nitrogens with zero attached hydrogens (tertiary/aromatic N) is 1. The van der Waals surface area contributed by atoms with E-state index in [9.17, 15) is 19.3 Å². The molecule has 0 bridgehead atoms. The van der Waals surface area contributed by atoms with Crippen LogP contribution >= 0.6 is 0 Å². The van der Waals surface area contributed by atoms with Gasteiger partial charge in [0.1, 0.15) is 12.4 Å². The molecule has 0 saturated carbocycles. The summed E-state index contributed by atoms with van der Waals surface area (Å²) >= 11 is 0. The highest BCUT2D eigenvalue weighted by molar-refractivity contribution is 5.80. The molecule has 0 saturated heterocycles. The summed E-state index contributed by atoms with van der Waals surface area (Å²) in [5.41, 5.74) is 1.35. The van der Waals surface area contributed by atoms with Crippen molar-refractivity contribution < 1.29 is 18.8 Å². The highest BCUT2D eigenvalue weighted by Gasteiger charge is 2.17. The number of nitrogens with one attached hydrogen (secondary N) is 1. The lowest BCUT2D eigenvalue weighted by molar-refractivity contribution is -0.384. The number of Topliss-reactive ketones (excluding diaryl/α,β-unsaturated/α-hetero) is 1. The number of anilines is 1. The molecule has 1 N–H and O–H groups in total. The quantitative estimate of drug-likeness (QED) is 0.589. The van der Waals surface area contributed by atoms with Crippen LogP contribution < -0.4 is 10.1 Å². The zero-order valence-corrected chi connectivity index (χ0v) is 13.1. The van der Waals surface area contributed by atoms with Crippen molar-refractivity contribution >= 4 is 17.2 Å². The second kappa shape index (κ2) is 8.05. The Morgan fingerprint density at radius 3 is 2.33 bits per heavy atom. The fourth-order valence-corrected chi connectivity index (χ4v) is 2.25. The summed E-state index contributed by atoms with van der Waals surface area (Å²) in [7, 11) is 1.56. The van der Waals surface area contributed by atoms with Crippen molar-refractivity contribution in [2.24, 2.45) is 0 Å². The Bertz CT molecular complexity index is 702. The third-order valence-electron chi connectivity index (χ3n) is 3.52. The van der Waals surface area contributed by atoms with Crippen LogP contribution in [0, 0.1) is 10.1 Å². The molecule has 2 aromatic carbocycles. The Morgan fingerprint density at radius 2 is 1.83 bits per heavy atom. The SMILES string of the molecule is COc1ccc(N[C@@H](CC(=O)CF)c2ccc([N+](=O)[O-])cc2)cc1. The Kier molecular flexibility index (Phi) is 5.83. The summed E-state index contributed by atoms with van der Waals surface area (Å²) in [5, 5.41) is 13.9. The molecule has 1 atom stereocenters. The number of nitro benzene ring substituents is 1. The number of carbonyl (C=O) groups is 1. The number of alkyl halides is 1. The van der Waals surface area contributed by atoms with Crippen LogP contribution in [-0.2, 0) is 4.79 Å². The molecule has 0 unspecified atom stereocenters. The number of non-ortho nitro benzene ring substituents is 1. The highest BCUT2D eigenvalue weighted by atomic mass is 19.1. The van der Waals surface area contributed by atoms with Crippen molar-refractivity contribution in [3.05, 3.63) is 64.2 Å². The van der Waals surface area contributed by atoms with E-state index >= 15 is 0 Å². The predicted octanol–water partition coefficient (Wildman–Crippen LogP) is 3.69. The van der Waals surface area contributed by atoms with Crippen molar-refractivity contribution in [2.75, 3.05) is 19.1 Å². The minimum Gasteiger partial charge on any atom is -0.497 e. The van der Waals surface area contributed by atoms with E-state index in [1.807, 2.05) is 0 Å². The first-order valence-electron chi connectivity index (χ1n) is 7.26. The van der Waals surface area contributed by atoms with Crippen LogP contribution in [0.3, 0.4) is 0 Å². The number of halogens is 1. The minimum absolute atomic E-state index is 0.0428. The van der Waals surface area contributed by atoms with Gasteiger partial charge in [0.05, 0.1) is 18.1 Å². The molecule has 0 heterocycles. The number of ether oxygens (including phenoxy) is 1. The number of ketones is 1. The molecule has 0 aliphatic carbocycles. The van der Waals surface area contributed by atoms with Crippen molar-refractivity contribution in [1.82, 2.24) is 0 Å². The molecule has 126 valence electrons. The maximum absolute atomic E-state index is 12.6. The average molecular weight is 332 g/mol. The molecule has 2 rings (SSSR count). The summed E-state index contributed by atoms with van der Waals surface area (Å²) < 4.78 is 17.7. The van der Waals surface area contributed by atoms with Crippen LogP contribution in [0.1, 0.15) is 18.0 Å². The van der Waals surface area contributed by atoms with Crippen molar-refractivity contribution in [3.63, 3.8) is 0 Å². The van der Waals surface area contributed by atoms with E-state index in [0.717, 1.165) is 5.69 Å². The molecule has 2 aromatic rings. The zero-order chi connectivity index (χ0) is 17.5. The maximum atomic E-state index is 12.6. The fourth-order valence-electron chi connectivity index (χ4n) is 2.25. The number of nitro groups is 1. The summed E-state index contributed by atoms with van der Waals surface area (Å²) in [6.07, 6.45) is -0.0552. The number of rotatable bonds is 8. The van der Waals surface area contributed by atoms with Gasteiger partial charge in [0, 0.05) is 24.2 Å². The zero-order valence-electron chi connectivity index (χ0n) is 13.1. The highest BCUT2D eigenvalue weighted by Crippen LogP contribution is 2.26. The van der Waals surface area contributed by atoms with Gasteiger partial charge >= 0.3 is 0 Å². The largest absolute Gasteiger partial charge is 0.497 e. The second-order valence-electron chi connectivity index (χ2n) is 5.15. The normalized spacial score (nSPS) is 11.6. The summed E-state index contributed by atoms with van der Waals surface area (Å²) in [5.74, 6) is 0.145. The van der Waals surface area contributed by atoms with Crippen LogP contribution in [0.25, 0.3) is 0 Å². The van der Waals surface area contributed by atoms with E-state index in [2.05, 4.69) is 5.32 Å². The van der Waals surface area contributed by atoms with E-state index in [1.54, 1.807) is 43.5 Å². The molecule has 24 heavy (non-hydrogen) atoms. The van der Waals surface area contributed by atoms with Crippen molar-refractivity contribution in [2.45, 2.75) is 12.5 Å². The van der Waals surface area contributed by atoms with E-state index in [-0.39, 0.29) is 12.1 Å². The van der Waals surface area contributed by atoms with Crippen LogP contribution in [0.15, 0.2) is 48.5 Å². The van der Waals surface area contributed by atoms with Gasteiger partial charge in [0.15, 0.2) is 5.78 Å². The molecular weight excluding hydrogens is 315 g/mol. The number of benzene rings is 2. The first kappa shape index (κ1) is 17.4. The molecule has 0 spiro atoms. The van der Waals surface area contributed by atoms with E-state index in [1.165, 1.54) is 12.1 Å². The van der Waals surface area contributed by atoms with E-state index < -0.39 is 23.4 Å². The first-order valence-corrected chi connectivity index (χ1v) is 7.26. The van der Waals surface area contributed by atoms with Gasteiger partial charge < -0.3 is 10.1 Å². The predicted molar refractivity (Wildman–Crippen MR) is 88.1 cm³/mol. The molecule has 7 heteroatoms. The van der Waals surface area contributed by atoms with Gasteiger partial charge in [-0.15, -0.1) is 0 Å². The Labute approximate surface area is 138 Å². The lowest BCUT2D eigenvalue weighted by Crippen LogP contribution is -2.16. The molecule has 0 aliphatic heterocycles. The molecule has 6 nitrogen and oxygen atoms in total. The van der Waals surface area contributed by atoms with Gasteiger partial charge in [-0.25, -0.2) is 4.39 Å². The Morgan fingerprint density at radius 1 is 1.21 bits per heavy atom.